The van der Waals surface area contributed by atoms with Gasteiger partial charge in [-0.2, -0.15) is 0 Å². The number of amides is 1. The molecule has 0 aliphatic heterocycles. The van der Waals surface area contributed by atoms with E-state index >= 15 is 0 Å². The first-order valence-corrected chi connectivity index (χ1v) is 7.89. The summed E-state index contributed by atoms with van der Waals surface area (Å²) in [7, 11) is 1.79. The Kier molecular flexibility index (Phi) is 6.63. The Balaban J connectivity index is 1.70. The smallest absolute Gasteiger partial charge is 0.239 e. The van der Waals surface area contributed by atoms with Gasteiger partial charge < -0.3 is 15.4 Å². The monoisotopic (exact) mass is 312 g/mol. The highest BCUT2D eigenvalue weighted by atomic mass is 16.5. The molecule has 2 aromatic rings. The van der Waals surface area contributed by atoms with Crippen LogP contribution >= 0.6 is 0 Å². The molecular weight excluding hydrogens is 288 g/mol. The van der Waals surface area contributed by atoms with Crippen molar-refractivity contribution in [3.63, 3.8) is 0 Å². The van der Waals surface area contributed by atoms with Crippen molar-refractivity contribution in [1.82, 2.24) is 4.90 Å². The molecule has 0 aliphatic rings. The number of nitrogens with two attached hydrogens (primary N) is 1. The van der Waals surface area contributed by atoms with Gasteiger partial charge in [0, 0.05) is 13.6 Å². The van der Waals surface area contributed by atoms with Gasteiger partial charge in [0.2, 0.25) is 5.91 Å². The second kappa shape index (κ2) is 8.96. The van der Waals surface area contributed by atoms with Gasteiger partial charge >= 0.3 is 0 Å². The van der Waals surface area contributed by atoms with Crippen LogP contribution in [0.5, 0.6) is 5.75 Å². The number of hydrogen-bond donors (Lipinski definition) is 1. The first kappa shape index (κ1) is 17.0. The van der Waals surface area contributed by atoms with E-state index in [1.807, 2.05) is 60.7 Å². The molecule has 0 radical (unpaired) electrons. The molecule has 0 fully saturated rings. The fourth-order valence-corrected chi connectivity index (χ4v) is 2.36. The Hall–Kier alpha value is -2.33. The summed E-state index contributed by atoms with van der Waals surface area (Å²) in [5.41, 5.74) is 7.10. The summed E-state index contributed by atoms with van der Waals surface area (Å²) in [5.74, 6) is 0.816. The van der Waals surface area contributed by atoms with Crippen LogP contribution in [0.3, 0.4) is 0 Å². The van der Waals surface area contributed by atoms with E-state index in [2.05, 4.69) is 0 Å². The number of hydrogen-bond acceptors (Lipinski definition) is 3. The molecule has 2 rings (SSSR count). The fourth-order valence-electron chi connectivity index (χ4n) is 2.36. The van der Waals surface area contributed by atoms with Crippen molar-refractivity contribution in [2.45, 2.75) is 18.9 Å². The predicted octanol–water partition coefficient (Wildman–Crippen LogP) is 2.48. The first-order valence-electron chi connectivity index (χ1n) is 7.89. The molecule has 4 nitrogen and oxygen atoms in total. The lowest BCUT2D eigenvalue weighted by Gasteiger charge is -2.21. The lowest BCUT2D eigenvalue weighted by Crippen LogP contribution is -2.43. The Morgan fingerprint density at radius 1 is 1.09 bits per heavy atom. The van der Waals surface area contributed by atoms with Gasteiger partial charge in [-0.05, 0) is 30.5 Å². The average molecular weight is 312 g/mol. The van der Waals surface area contributed by atoms with E-state index in [9.17, 15) is 4.79 Å². The molecule has 0 saturated carbocycles. The maximum Gasteiger partial charge on any atom is 0.239 e. The predicted molar refractivity (Wildman–Crippen MR) is 92.3 cm³/mol. The second-order valence-electron chi connectivity index (χ2n) is 5.57. The zero-order valence-electron chi connectivity index (χ0n) is 13.5. The van der Waals surface area contributed by atoms with Crippen LogP contribution < -0.4 is 10.5 Å². The van der Waals surface area contributed by atoms with E-state index in [4.69, 9.17) is 10.5 Å². The van der Waals surface area contributed by atoms with Crippen LogP contribution in [-0.4, -0.2) is 37.0 Å². The number of carbonyl (C=O) groups is 1. The summed E-state index contributed by atoms with van der Waals surface area (Å²) < 4.78 is 5.62. The van der Waals surface area contributed by atoms with Gasteiger partial charge in [0.15, 0.2) is 0 Å². The SMILES string of the molecule is CN(CCCOc1ccccc1)C(=O)C(N)Cc1ccccc1. The van der Waals surface area contributed by atoms with E-state index < -0.39 is 6.04 Å². The highest BCUT2D eigenvalue weighted by molar-refractivity contribution is 5.81. The minimum absolute atomic E-state index is 0.0337. The number of ether oxygens (including phenoxy) is 1. The molecule has 122 valence electrons. The van der Waals surface area contributed by atoms with Gasteiger partial charge in [-0.1, -0.05) is 48.5 Å². The molecule has 0 spiro atoms. The lowest BCUT2D eigenvalue weighted by atomic mass is 10.1. The number of carbonyl (C=O) groups excluding carboxylic acids is 1. The van der Waals surface area contributed by atoms with Crippen LogP contribution in [0, 0.1) is 0 Å². The average Bonchev–Trinajstić information content (AvgIpc) is 2.59. The lowest BCUT2D eigenvalue weighted by molar-refractivity contribution is -0.131. The molecule has 2 N–H and O–H groups in total. The van der Waals surface area contributed by atoms with Crippen molar-refractivity contribution in [1.29, 1.82) is 0 Å². The standard InChI is InChI=1S/C19H24N2O2/c1-21(13-8-14-23-17-11-6-3-7-12-17)19(22)18(20)15-16-9-4-2-5-10-16/h2-7,9-12,18H,8,13-15,20H2,1H3. The van der Waals surface area contributed by atoms with Gasteiger partial charge in [0.1, 0.15) is 5.75 Å². The third-order valence-electron chi connectivity index (χ3n) is 3.64. The quantitative estimate of drug-likeness (QED) is 0.762. The summed E-state index contributed by atoms with van der Waals surface area (Å²) in [6, 6.07) is 19.0. The third-order valence-corrected chi connectivity index (χ3v) is 3.64. The van der Waals surface area contributed by atoms with Crippen molar-refractivity contribution >= 4 is 5.91 Å². The number of para-hydroxylation sites is 1. The number of likely N-dealkylation sites (N-methyl/N-ethyl adjacent to an activating group) is 1. The maximum atomic E-state index is 12.3. The minimum Gasteiger partial charge on any atom is -0.494 e. The Morgan fingerprint density at radius 3 is 2.35 bits per heavy atom. The molecule has 1 amide bonds. The van der Waals surface area contributed by atoms with Crippen molar-refractivity contribution in [3.8, 4) is 5.75 Å². The zero-order chi connectivity index (χ0) is 16.5. The van der Waals surface area contributed by atoms with Crippen LogP contribution in [0.2, 0.25) is 0 Å². The molecule has 0 aliphatic carbocycles. The first-order chi connectivity index (χ1) is 11.2. The Labute approximate surface area is 137 Å². The van der Waals surface area contributed by atoms with Gasteiger partial charge in [-0.15, -0.1) is 0 Å². The molecule has 0 bridgehead atoms. The van der Waals surface area contributed by atoms with E-state index in [0.29, 0.717) is 19.6 Å². The summed E-state index contributed by atoms with van der Waals surface area (Å²) >= 11 is 0. The molecule has 0 heterocycles. The number of nitrogens with zero attached hydrogens (tertiary/aromatic N) is 1. The number of benzene rings is 2. The van der Waals surface area contributed by atoms with Gasteiger partial charge in [0.05, 0.1) is 12.6 Å². The van der Waals surface area contributed by atoms with Gasteiger partial charge in [-0.3, -0.25) is 4.79 Å². The Bertz CT molecular complexity index is 587. The molecule has 23 heavy (non-hydrogen) atoms. The maximum absolute atomic E-state index is 12.3. The van der Waals surface area contributed by atoms with E-state index in [1.54, 1.807) is 11.9 Å². The molecule has 1 unspecified atom stereocenters. The van der Waals surface area contributed by atoms with E-state index in [0.717, 1.165) is 17.7 Å². The van der Waals surface area contributed by atoms with Crippen molar-refractivity contribution < 1.29 is 9.53 Å². The van der Waals surface area contributed by atoms with E-state index in [-0.39, 0.29) is 5.91 Å². The molecule has 0 aromatic heterocycles. The van der Waals surface area contributed by atoms with Crippen molar-refractivity contribution in [2.24, 2.45) is 5.73 Å². The van der Waals surface area contributed by atoms with Crippen LogP contribution in [0.25, 0.3) is 0 Å². The molecule has 1 atom stereocenters. The second-order valence-corrected chi connectivity index (χ2v) is 5.57. The van der Waals surface area contributed by atoms with Gasteiger partial charge in [-0.25, -0.2) is 0 Å². The highest BCUT2D eigenvalue weighted by Crippen LogP contribution is 2.09. The molecule has 0 saturated heterocycles. The molecule has 2 aromatic carbocycles. The molecular formula is C19H24N2O2. The molecule has 4 heteroatoms. The number of rotatable bonds is 8. The van der Waals surface area contributed by atoms with Crippen molar-refractivity contribution in [2.75, 3.05) is 20.2 Å². The minimum atomic E-state index is -0.502. The van der Waals surface area contributed by atoms with Gasteiger partial charge in [0.25, 0.3) is 0 Å². The highest BCUT2D eigenvalue weighted by Gasteiger charge is 2.18. The summed E-state index contributed by atoms with van der Waals surface area (Å²) in [6.07, 6.45) is 1.33. The normalized spacial score (nSPS) is 11.7. The van der Waals surface area contributed by atoms with Crippen molar-refractivity contribution in [3.05, 3.63) is 66.2 Å². The summed E-state index contributed by atoms with van der Waals surface area (Å²) in [6.45, 7) is 1.21. The van der Waals surface area contributed by atoms with Crippen LogP contribution in [0.15, 0.2) is 60.7 Å². The summed E-state index contributed by atoms with van der Waals surface area (Å²) in [4.78, 5) is 14.0. The third kappa shape index (κ3) is 5.75. The zero-order valence-corrected chi connectivity index (χ0v) is 13.5. The summed E-state index contributed by atoms with van der Waals surface area (Å²) in [5, 5.41) is 0. The van der Waals surface area contributed by atoms with E-state index in [1.165, 1.54) is 0 Å². The van der Waals surface area contributed by atoms with Crippen LogP contribution in [-0.2, 0) is 11.2 Å². The largest absolute Gasteiger partial charge is 0.494 e. The Morgan fingerprint density at radius 2 is 1.70 bits per heavy atom. The van der Waals surface area contributed by atoms with Crippen LogP contribution in [0.1, 0.15) is 12.0 Å². The van der Waals surface area contributed by atoms with Crippen LogP contribution in [0.4, 0.5) is 0 Å². The fraction of sp³-hybridized carbons (Fsp3) is 0.316. The topological polar surface area (TPSA) is 55.6 Å².